The predicted molar refractivity (Wildman–Crippen MR) is 73.1 cm³/mol. The monoisotopic (exact) mass is 319 g/mol. The van der Waals surface area contributed by atoms with E-state index in [-0.39, 0.29) is 17.7 Å². The Labute approximate surface area is 114 Å². The molecule has 1 aromatic carbocycles. The molecule has 3 nitrogen and oxygen atoms in total. The molecule has 0 radical (unpaired) electrons. The first-order chi connectivity index (χ1) is 8.04. The van der Waals surface area contributed by atoms with Crippen LogP contribution < -0.4 is 5.32 Å². The van der Waals surface area contributed by atoms with Gasteiger partial charge in [-0.15, -0.1) is 0 Å². The van der Waals surface area contributed by atoms with E-state index >= 15 is 0 Å². The number of benzene rings is 1. The van der Waals surface area contributed by atoms with Gasteiger partial charge in [-0.25, -0.2) is 0 Å². The molecule has 17 heavy (non-hydrogen) atoms. The minimum absolute atomic E-state index is 0.0349. The fourth-order valence-electron chi connectivity index (χ4n) is 1.44. The number of amides is 1. The van der Waals surface area contributed by atoms with Crippen LogP contribution in [0.15, 0.2) is 18.2 Å². The third-order valence-corrected chi connectivity index (χ3v) is 3.23. The Morgan fingerprint density at radius 2 is 2.29 bits per heavy atom. The van der Waals surface area contributed by atoms with E-state index in [0.29, 0.717) is 10.6 Å². The molecule has 1 amide bonds. The van der Waals surface area contributed by atoms with Crippen LogP contribution in [0.2, 0.25) is 5.02 Å². The molecule has 0 aromatic heterocycles. The number of aromatic hydroxyl groups is 1. The third-order valence-electron chi connectivity index (χ3n) is 2.34. The quantitative estimate of drug-likeness (QED) is 0.818. The first-order valence-corrected chi connectivity index (χ1v) is 6.90. The van der Waals surface area contributed by atoms with E-state index in [9.17, 15) is 9.90 Å². The normalized spacial score (nSPS) is 12.2. The van der Waals surface area contributed by atoms with E-state index in [4.69, 9.17) is 11.6 Å². The number of phenols is 1. The third kappa shape index (κ3) is 4.56. The highest BCUT2D eigenvalue weighted by atomic mass is 79.9. The van der Waals surface area contributed by atoms with Crippen LogP contribution >= 0.6 is 27.5 Å². The summed E-state index contributed by atoms with van der Waals surface area (Å²) >= 11 is 9.24. The van der Waals surface area contributed by atoms with Gasteiger partial charge in [-0.05, 0) is 38.0 Å². The fourth-order valence-corrected chi connectivity index (χ4v) is 1.97. The number of nitrogens with one attached hydrogen (secondary N) is 1. The number of hydrogen-bond donors (Lipinski definition) is 2. The number of rotatable bonds is 5. The average molecular weight is 321 g/mol. The van der Waals surface area contributed by atoms with Crippen LogP contribution in [-0.2, 0) is 0 Å². The van der Waals surface area contributed by atoms with E-state index < -0.39 is 0 Å². The zero-order valence-corrected chi connectivity index (χ0v) is 11.9. The van der Waals surface area contributed by atoms with Crippen LogP contribution in [0.3, 0.4) is 0 Å². The highest BCUT2D eigenvalue weighted by Gasteiger charge is 2.13. The first-order valence-electron chi connectivity index (χ1n) is 5.40. The van der Waals surface area contributed by atoms with Crippen LogP contribution in [-0.4, -0.2) is 22.4 Å². The van der Waals surface area contributed by atoms with Crippen LogP contribution in [0.25, 0.3) is 0 Å². The van der Waals surface area contributed by atoms with E-state index in [1.54, 1.807) is 0 Å². The molecule has 0 aliphatic heterocycles. The zero-order valence-electron chi connectivity index (χ0n) is 9.54. The van der Waals surface area contributed by atoms with Crippen molar-refractivity contribution in [2.24, 2.45) is 0 Å². The number of halogens is 2. The lowest BCUT2D eigenvalue weighted by molar-refractivity contribution is 0.0938. The molecule has 0 heterocycles. The number of alkyl halides is 1. The van der Waals surface area contributed by atoms with Gasteiger partial charge in [0, 0.05) is 11.4 Å². The second-order valence-electron chi connectivity index (χ2n) is 3.87. The number of carbonyl (C=O) groups excluding carboxylic acids is 1. The summed E-state index contributed by atoms with van der Waals surface area (Å²) in [7, 11) is 0. The van der Waals surface area contributed by atoms with Gasteiger partial charge in [-0.2, -0.15) is 0 Å². The molecule has 1 rings (SSSR count). The predicted octanol–water partition coefficient (Wildman–Crippen LogP) is 3.34. The van der Waals surface area contributed by atoms with Crippen molar-refractivity contribution < 1.29 is 9.90 Å². The van der Waals surface area contributed by atoms with Crippen molar-refractivity contribution in [2.45, 2.75) is 25.8 Å². The van der Waals surface area contributed by atoms with E-state index in [1.807, 2.05) is 6.92 Å². The summed E-state index contributed by atoms with van der Waals surface area (Å²) < 4.78 is 0. The number of phenolic OH excluding ortho intramolecular Hbond substituents is 1. The van der Waals surface area contributed by atoms with Gasteiger partial charge >= 0.3 is 0 Å². The summed E-state index contributed by atoms with van der Waals surface area (Å²) in [6, 6.07) is 4.41. The fraction of sp³-hybridized carbons (Fsp3) is 0.417. The van der Waals surface area contributed by atoms with Gasteiger partial charge < -0.3 is 10.4 Å². The van der Waals surface area contributed by atoms with Crippen LogP contribution in [0.4, 0.5) is 0 Å². The molecule has 1 atom stereocenters. The van der Waals surface area contributed by atoms with Crippen molar-refractivity contribution in [3.63, 3.8) is 0 Å². The molecular formula is C12H15BrClNO2. The van der Waals surface area contributed by atoms with E-state index in [2.05, 4.69) is 21.2 Å². The van der Waals surface area contributed by atoms with Crippen LogP contribution in [0.1, 0.15) is 30.1 Å². The molecule has 94 valence electrons. The molecule has 0 spiro atoms. The van der Waals surface area contributed by atoms with Crippen molar-refractivity contribution in [1.82, 2.24) is 5.32 Å². The summed E-state index contributed by atoms with van der Waals surface area (Å²) in [5, 5.41) is 13.4. The lowest BCUT2D eigenvalue weighted by Crippen LogP contribution is -2.32. The van der Waals surface area contributed by atoms with Gasteiger partial charge in [-0.3, -0.25) is 4.79 Å². The smallest absolute Gasteiger partial charge is 0.253 e. The second-order valence-corrected chi connectivity index (χ2v) is 5.07. The molecular weight excluding hydrogens is 305 g/mol. The topological polar surface area (TPSA) is 49.3 Å². The highest BCUT2D eigenvalue weighted by Crippen LogP contribution is 2.21. The van der Waals surface area contributed by atoms with Gasteiger partial charge in [0.1, 0.15) is 5.75 Å². The summed E-state index contributed by atoms with van der Waals surface area (Å²) in [4.78, 5) is 11.9. The Balaban J connectivity index is 2.66. The molecule has 0 fully saturated rings. The van der Waals surface area contributed by atoms with Crippen molar-refractivity contribution in [1.29, 1.82) is 0 Å². The lowest BCUT2D eigenvalue weighted by Gasteiger charge is -2.13. The van der Waals surface area contributed by atoms with Crippen molar-refractivity contribution in [3.05, 3.63) is 28.8 Å². The summed E-state index contributed by atoms with van der Waals surface area (Å²) in [6.45, 7) is 1.94. The van der Waals surface area contributed by atoms with Gasteiger partial charge in [0.2, 0.25) is 0 Å². The summed E-state index contributed by atoms with van der Waals surface area (Å²) in [5.41, 5.74) is 0.303. The Morgan fingerprint density at radius 3 is 2.94 bits per heavy atom. The molecule has 0 bridgehead atoms. The minimum Gasteiger partial charge on any atom is -0.508 e. The van der Waals surface area contributed by atoms with Crippen molar-refractivity contribution in [3.8, 4) is 5.75 Å². The van der Waals surface area contributed by atoms with E-state index in [0.717, 1.165) is 18.2 Å². The SMILES string of the molecule is CC(CCCBr)NC(=O)c1cc(O)ccc1Cl. The molecule has 5 heteroatoms. The van der Waals surface area contributed by atoms with Crippen LogP contribution in [0, 0.1) is 0 Å². The Bertz CT molecular complexity index is 398. The van der Waals surface area contributed by atoms with Gasteiger partial charge in [-0.1, -0.05) is 27.5 Å². The summed E-state index contributed by atoms with van der Waals surface area (Å²) in [6.07, 6.45) is 1.89. The Hall–Kier alpha value is -0.740. The standard InChI is InChI=1S/C12H15BrClNO2/c1-8(3-2-6-13)15-12(17)10-7-9(16)4-5-11(10)14/h4-5,7-8,16H,2-3,6H2,1H3,(H,15,17). The largest absolute Gasteiger partial charge is 0.508 e. The van der Waals surface area contributed by atoms with Gasteiger partial charge in [0.25, 0.3) is 5.91 Å². The highest BCUT2D eigenvalue weighted by molar-refractivity contribution is 9.09. The van der Waals surface area contributed by atoms with Crippen molar-refractivity contribution >= 4 is 33.4 Å². The molecule has 0 aliphatic rings. The van der Waals surface area contributed by atoms with Crippen LogP contribution in [0.5, 0.6) is 5.75 Å². The van der Waals surface area contributed by atoms with Crippen molar-refractivity contribution in [2.75, 3.05) is 5.33 Å². The second kappa shape index (κ2) is 6.87. The first kappa shape index (κ1) is 14.3. The Kier molecular flexibility index (Phi) is 5.78. The maximum Gasteiger partial charge on any atom is 0.253 e. The molecule has 2 N–H and O–H groups in total. The maximum absolute atomic E-state index is 11.9. The number of hydrogen-bond acceptors (Lipinski definition) is 2. The zero-order chi connectivity index (χ0) is 12.8. The average Bonchev–Trinajstić information content (AvgIpc) is 2.29. The van der Waals surface area contributed by atoms with E-state index in [1.165, 1.54) is 18.2 Å². The molecule has 0 saturated carbocycles. The molecule has 1 unspecified atom stereocenters. The number of carbonyl (C=O) groups is 1. The Morgan fingerprint density at radius 1 is 1.59 bits per heavy atom. The lowest BCUT2D eigenvalue weighted by atomic mass is 10.1. The van der Waals surface area contributed by atoms with Gasteiger partial charge in [0.05, 0.1) is 10.6 Å². The maximum atomic E-state index is 11.9. The molecule has 1 aromatic rings. The minimum atomic E-state index is -0.257. The van der Waals surface area contributed by atoms with Gasteiger partial charge in [0.15, 0.2) is 0 Å². The molecule has 0 saturated heterocycles. The molecule has 0 aliphatic carbocycles. The summed E-state index contributed by atoms with van der Waals surface area (Å²) in [5.74, 6) is -0.222.